The van der Waals surface area contributed by atoms with Crippen LogP contribution in [0.4, 0.5) is 13.2 Å². The van der Waals surface area contributed by atoms with Crippen LogP contribution in [0.3, 0.4) is 0 Å². The van der Waals surface area contributed by atoms with Gasteiger partial charge in [0.15, 0.2) is 11.6 Å². The monoisotopic (exact) mass is 336 g/mol. The Morgan fingerprint density at radius 3 is 2.71 bits per heavy atom. The predicted octanol–water partition coefficient (Wildman–Crippen LogP) is 2.61. The third-order valence-electron chi connectivity index (χ3n) is 3.85. The van der Waals surface area contributed by atoms with Gasteiger partial charge in [0, 0.05) is 12.6 Å². The molecule has 0 bridgehead atoms. The number of aromatic nitrogens is 1. The second kappa shape index (κ2) is 5.67. The number of alkyl halides is 1. The molecule has 1 saturated carbocycles. The molecule has 1 heterocycles. The molecule has 1 aliphatic carbocycles. The number of benzene rings is 1. The summed E-state index contributed by atoms with van der Waals surface area (Å²) in [5.74, 6) is -3.76. The zero-order valence-electron chi connectivity index (χ0n) is 12.5. The Bertz CT molecular complexity index is 962. The summed E-state index contributed by atoms with van der Waals surface area (Å²) in [6, 6.07) is 1.37. The molecule has 0 aliphatic heterocycles. The van der Waals surface area contributed by atoms with E-state index in [2.05, 4.69) is 0 Å². The topological polar surface area (TPSA) is 72.1 Å². The second-order valence-corrected chi connectivity index (χ2v) is 5.37. The van der Waals surface area contributed by atoms with E-state index in [-0.39, 0.29) is 23.9 Å². The van der Waals surface area contributed by atoms with Crippen LogP contribution in [-0.4, -0.2) is 23.3 Å². The predicted molar refractivity (Wildman–Crippen MR) is 77.3 cm³/mol. The summed E-state index contributed by atoms with van der Waals surface area (Å²) < 4.78 is 47.1. The SMILES string of the molecule is CCOC(=O)c1cn(C2CC2F)c2c(C#N)c(F)c(F)cc2c1=O. The summed E-state index contributed by atoms with van der Waals surface area (Å²) in [5, 5.41) is 8.76. The number of hydrogen-bond donors (Lipinski definition) is 0. The molecule has 1 aromatic carbocycles. The van der Waals surface area contributed by atoms with Gasteiger partial charge in [0.25, 0.3) is 0 Å². The van der Waals surface area contributed by atoms with Gasteiger partial charge in [-0.3, -0.25) is 4.79 Å². The average molecular weight is 336 g/mol. The molecule has 3 rings (SSSR count). The fourth-order valence-electron chi connectivity index (χ4n) is 2.62. The van der Waals surface area contributed by atoms with Gasteiger partial charge >= 0.3 is 5.97 Å². The molecule has 124 valence electrons. The van der Waals surface area contributed by atoms with Crippen molar-refractivity contribution in [2.45, 2.75) is 25.6 Å². The van der Waals surface area contributed by atoms with E-state index in [0.29, 0.717) is 6.07 Å². The molecule has 1 fully saturated rings. The number of rotatable bonds is 3. The summed E-state index contributed by atoms with van der Waals surface area (Å²) in [7, 11) is 0. The van der Waals surface area contributed by atoms with Crippen molar-refractivity contribution >= 4 is 16.9 Å². The molecule has 0 amide bonds. The number of pyridine rings is 1. The maximum atomic E-state index is 13.9. The molecule has 2 atom stereocenters. The van der Waals surface area contributed by atoms with Gasteiger partial charge in [0.1, 0.15) is 23.4 Å². The van der Waals surface area contributed by atoms with E-state index in [0.717, 1.165) is 10.8 Å². The van der Waals surface area contributed by atoms with E-state index in [1.807, 2.05) is 0 Å². The summed E-state index contributed by atoms with van der Waals surface area (Å²) in [4.78, 5) is 24.4. The van der Waals surface area contributed by atoms with Crippen molar-refractivity contribution in [3.8, 4) is 6.07 Å². The van der Waals surface area contributed by atoms with E-state index in [1.54, 1.807) is 6.92 Å². The highest BCUT2D eigenvalue weighted by Gasteiger charge is 2.41. The lowest BCUT2D eigenvalue weighted by Crippen LogP contribution is -2.22. The standard InChI is InChI=1S/C16H11F3N2O3/c1-2-24-16(23)9-6-21(12-4-10(12)17)14-7(15(9)22)3-11(18)13(19)8(14)5-20/h3,6,10,12H,2,4H2,1H3. The van der Waals surface area contributed by atoms with Gasteiger partial charge in [-0.25, -0.2) is 18.0 Å². The summed E-state index contributed by atoms with van der Waals surface area (Å²) in [6.45, 7) is 1.55. The number of nitrogens with zero attached hydrogens (tertiary/aromatic N) is 2. The first kappa shape index (κ1) is 16.1. The minimum atomic E-state index is -1.42. The van der Waals surface area contributed by atoms with Crippen molar-refractivity contribution < 1.29 is 22.7 Å². The number of carbonyl (C=O) groups is 1. The molecule has 0 radical (unpaired) electrons. The highest BCUT2D eigenvalue weighted by Crippen LogP contribution is 2.41. The van der Waals surface area contributed by atoms with Crippen molar-refractivity contribution in [3.05, 3.63) is 45.2 Å². The summed E-state index contributed by atoms with van der Waals surface area (Å²) in [5.41, 5.74) is -2.24. The Kier molecular flexibility index (Phi) is 3.79. The van der Waals surface area contributed by atoms with Gasteiger partial charge in [0.05, 0.1) is 23.6 Å². The number of nitriles is 1. The smallest absolute Gasteiger partial charge is 0.343 e. The zero-order valence-corrected chi connectivity index (χ0v) is 12.5. The lowest BCUT2D eigenvalue weighted by atomic mass is 10.1. The molecule has 5 nitrogen and oxygen atoms in total. The first-order valence-electron chi connectivity index (χ1n) is 7.18. The molecule has 2 aromatic rings. The van der Waals surface area contributed by atoms with Crippen molar-refractivity contribution in [2.24, 2.45) is 0 Å². The van der Waals surface area contributed by atoms with Gasteiger partial charge < -0.3 is 9.30 Å². The molecule has 0 saturated heterocycles. The van der Waals surface area contributed by atoms with Crippen LogP contribution in [-0.2, 0) is 4.74 Å². The molecule has 2 unspecified atom stereocenters. The largest absolute Gasteiger partial charge is 0.462 e. The number of carbonyl (C=O) groups excluding carboxylic acids is 1. The molecule has 0 N–H and O–H groups in total. The van der Waals surface area contributed by atoms with E-state index < -0.39 is 46.4 Å². The van der Waals surface area contributed by atoms with E-state index in [9.17, 15) is 22.8 Å². The number of fused-ring (bicyclic) bond motifs is 1. The first-order chi connectivity index (χ1) is 11.4. The third kappa shape index (κ3) is 2.33. The van der Waals surface area contributed by atoms with Crippen molar-refractivity contribution in [1.29, 1.82) is 5.26 Å². The number of ether oxygens (including phenoxy) is 1. The van der Waals surface area contributed by atoms with Gasteiger partial charge in [-0.15, -0.1) is 0 Å². The highest BCUT2D eigenvalue weighted by atomic mass is 19.2. The molecule has 0 spiro atoms. The average Bonchev–Trinajstić information content (AvgIpc) is 3.26. The fourth-order valence-corrected chi connectivity index (χ4v) is 2.62. The van der Waals surface area contributed by atoms with Gasteiger partial charge in [-0.05, 0) is 13.0 Å². The Labute approximate surface area is 133 Å². The lowest BCUT2D eigenvalue weighted by molar-refractivity contribution is 0.0524. The Balaban J connectivity index is 2.43. The number of hydrogen-bond acceptors (Lipinski definition) is 4. The Morgan fingerprint density at radius 2 is 2.17 bits per heavy atom. The van der Waals surface area contributed by atoms with Crippen LogP contribution in [0.5, 0.6) is 0 Å². The van der Waals surface area contributed by atoms with E-state index >= 15 is 0 Å². The Morgan fingerprint density at radius 1 is 1.50 bits per heavy atom. The van der Waals surface area contributed by atoms with Crippen LogP contribution in [0, 0.1) is 23.0 Å². The van der Waals surface area contributed by atoms with Crippen LogP contribution in [0.1, 0.15) is 35.3 Å². The Hall–Kier alpha value is -2.82. The number of esters is 1. The van der Waals surface area contributed by atoms with E-state index in [1.165, 1.54) is 6.07 Å². The van der Waals surface area contributed by atoms with Crippen molar-refractivity contribution in [2.75, 3.05) is 6.61 Å². The minimum Gasteiger partial charge on any atom is -0.462 e. The van der Waals surface area contributed by atoms with Crippen molar-refractivity contribution in [3.63, 3.8) is 0 Å². The molecule has 24 heavy (non-hydrogen) atoms. The van der Waals surface area contributed by atoms with E-state index in [4.69, 9.17) is 10.00 Å². The third-order valence-corrected chi connectivity index (χ3v) is 3.85. The van der Waals surface area contributed by atoms with Gasteiger partial charge in [0.2, 0.25) is 5.43 Å². The first-order valence-corrected chi connectivity index (χ1v) is 7.18. The minimum absolute atomic E-state index is 0.00665. The fraction of sp³-hybridized carbons (Fsp3) is 0.312. The molecule has 8 heteroatoms. The van der Waals surface area contributed by atoms with Crippen LogP contribution >= 0.6 is 0 Å². The summed E-state index contributed by atoms with van der Waals surface area (Å²) in [6.07, 6.45) is -0.125. The van der Waals surface area contributed by atoms with Gasteiger partial charge in [-0.2, -0.15) is 5.26 Å². The summed E-state index contributed by atoms with van der Waals surface area (Å²) >= 11 is 0. The maximum absolute atomic E-state index is 13.9. The molecule has 1 aliphatic rings. The van der Waals surface area contributed by atoms with Gasteiger partial charge in [-0.1, -0.05) is 0 Å². The van der Waals surface area contributed by atoms with Crippen LogP contribution < -0.4 is 5.43 Å². The zero-order chi connectivity index (χ0) is 17.6. The van der Waals surface area contributed by atoms with Crippen molar-refractivity contribution in [1.82, 2.24) is 4.57 Å². The lowest BCUT2D eigenvalue weighted by Gasteiger charge is -2.14. The number of halogens is 3. The maximum Gasteiger partial charge on any atom is 0.343 e. The van der Waals surface area contributed by atoms with Crippen LogP contribution in [0.25, 0.3) is 10.9 Å². The van der Waals surface area contributed by atoms with Crippen LogP contribution in [0.2, 0.25) is 0 Å². The quantitative estimate of drug-likeness (QED) is 0.808. The molecule has 1 aromatic heterocycles. The second-order valence-electron chi connectivity index (χ2n) is 5.37. The molecular formula is C16H11F3N2O3. The highest BCUT2D eigenvalue weighted by molar-refractivity contribution is 5.95. The normalized spacial score (nSPS) is 19.1. The van der Waals surface area contributed by atoms with Crippen LogP contribution in [0.15, 0.2) is 17.1 Å². The molecular weight excluding hydrogens is 325 g/mol.